The lowest BCUT2D eigenvalue weighted by atomic mass is 10.1. The highest BCUT2D eigenvalue weighted by Gasteiger charge is 2.23. The number of methoxy groups -OCH3 is 1. The Labute approximate surface area is 194 Å². The zero-order valence-corrected chi connectivity index (χ0v) is 19.3. The van der Waals surface area contributed by atoms with Gasteiger partial charge in [0.15, 0.2) is 0 Å². The summed E-state index contributed by atoms with van der Waals surface area (Å²) in [4.78, 5) is 38.3. The van der Waals surface area contributed by atoms with E-state index in [2.05, 4.69) is 14.9 Å². The van der Waals surface area contributed by atoms with Crippen LogP contribution in [0.25, 0.3) is 11.1 Å². The van der Waals surface area contributed by atoms with Crippen molar-refractivity contribution in [3.63, 3.8) is 0 Å². The largest absolute Gasteiger partial charge is 0.449 e. The molecule has 10 nitrogen and oxygen atoms in total. The van der Waals surface area contributed by atoms with E-state index < -0.39 is 0 Å². The second-order valence-electron chi connectivity index (χ2n) is 7.86. The molecule has 2 heterocycles. The third-order valence-electron chi connectivity index (χ3n) is 5.46. The summed E-state index contributed by atoms with van der Waals surface area (Å²) < 4.78 is 10.2. The molecule has 0 bridgehead atoms. The molecule has 3 rings (SSSR count). The first-order valence-corrected chi connectivity index (χ1v) is 11.0. The lowest BCUT2D eigenvalue weighted by Crippen LogP contribution is -2.49. The number of benzene rings is 1. The SMILES string of the molecule is COCCCOC(=O)N1CCN(c2ncc(-c3cccc(CN(C)C(=O)CN)c3)cn2)CC1. The Hall–Kier alpha value is -3.24. The number of nitrogens with zero attached hydrogens (tertiary/aromatic N) is 5. The first kappa shape index (κ1) is 24.4. The number of ether oxygens (including phenoxy) is 2. The molecule has 1 aromatic carbocycles. The molecule has 1 aliphatic heterocycles. The smallest absolute Gasteiger partial charge is 0.409 e. The molecular formula is C23H32N6O4. The molecule has 1 aromatic heterocycles. The van der Waals surface area contributed by atoms with Crippen molar-refractivity contribution in [2.45, 2.75) is 13.0 Å². The molecule has 0 atom stereocenters. The van der Waals surface area contributed by atoms with Gasteiger partial charge < -0.3 is 29.9 Å². The normalized spacial score (nSPS) is 13.7. The van der Waals surface area contributed by atoms with E-state index in [4.69, 9.17) is 15.2 Å². The van der Waals surface area contributed by atoms with E-state index in [1.165, 1.54) is 0 Å². The average molecular weight is 457 g/mol. The van der Waals surface area contributed by atoms with Crippen molar-refractivity contribution in [2.75, 3.05) is 65.0 Å². The fourth-order valence-electron chi connectivity index (χ4n) is 3.54. The summed E-state index contributed by atoms with van der Waals surface area (Å²) in [7, 11) is 3.36. The van der Waals surface area contributed by atoms with Gasteiger partial charge in [-0.1, -0.05) is 18.2 Å². The topological polar surface area (TPSA) is 114 Å². The van der Waals surface area contributed by atoms with Gasteiger partial charge in [0, 0.05) is 77.9 Å². The molecule has 0 spiro atoms. The Morgan fingerprint density at radius 3 is 2.48 bits per heavy atom. The molecule has 0 radical (unpaired) electrons. The van der Waals surface area contributed by atoms with Crippen LogP contribution in [0.5, 0.6) is 0 Å². The van der Waals surface area contributed by atoms with Crippen LogP contribution < -0.4 is 10.6 Å². The van der Waals surface area contributed by atoms with E-state index >= 15 is 0 Å². The van der Waals surface area contributed by atoms with E-state index in [9.17, 15) is 9.59 Å². The van der Waals surface area contributed by atoms with Gasteiger partial charge in [0.1, 0.15) is 0 Å². The van der Waals surface area contributed by atoms with Crippen molar-refractivity contribution in [3.05, 3.63) is 42.2 Å². The second-order valence-corrected chi connectivity index (χ2v) is 7.86. The number of carbonyl (C=O) groups excluding carboxylic acids is 2. The minimum absolute atomic E-state index is 0.00464. The molecule has 1 saturated heterocycles. The van der Waals surface area contributed by atoms with Crippen molar-refractivity contribution in [2.24, 2.45) is 5.73 Å². The molecule has 33 heavy (non-hydrogen) atoms. The Balaban J connectivity index is 1.54. The van der Waals surface area contributed by atoms with Gasteiger partial charge in [-0.3, -0.25) is 4.79 Å². The van der Waals surface area contributed by atoms with Crippen molar-refractivity contribution < 1.29 is 19.1 Å². The average Bonchev–Trinajstić information content (AvgIpc) is 2.86. The predicted molar refractivity (Wildman–Crippen MR) is 125 cm³/mol. The summed E-state index contributed by atoms with van der Waals surface area (Å²) in [5.41, 5.74) is 8.31. The number of aromatic nitrogens is 2. The van der Waals surface area contributed by atoms with Gasteiger partial charge in [-0.15, -0.1) is 0 Å². The van der Waals surface area contributed by atoms with Gasteiger partial charge in [0.2, 0.25) is 11.9 Å². The van der Waals surface area contributed by atoms with E-state index in [0.29, 0.717) is 58.3 Å². The molecule has 0 saturated carbocycles. The van der Waals surface area contributed by atoms with Crippen LogP contribution in [0.15, 0.2) is 36.7 Å². The number of nitrogens with two attached hydrogens (primary N) is 1. The Morgan fingerprint density at radius 2 is 1.82 bits per heavy atom. The first-order valence-electron chi connectivity index (χ1n) is 11.0. The zero-order valence-electron chi connectivity index (χ0n) is 19.3. The van der Waals surface area contributed by atoms with Crippen molar-refractivity contribution in [1.29, 1.82) is 0 Å². The van der Waals surface area contributed by atoms with Gasteiger partial charge >= 0.3 is 6.09 Å². The molecule has 10 heteroatoms. The van der Waals surface area contributed by atoms with Crippen molar-refractivity contribution >= 4 is 17.9 Å². The summed E-state index contributed by atoms with van der Waals surface area (Å²) >= 11 is 0. The van der Waals surface area contributed by atoms with Gasteiger partial charge in [0.25, 0.3) is 0 Å². The quantitative estimate of drug-likeness (QED) is 0.563. The van der Waals surface area contributed by atoms with Crippen LogP contribution in [-0.2, 0) is 20.8 Å². The summed E-state index contributed by atoms with van der Waals surface area (Å²) in [6, 6.07) is 7.94. The Morgan fingerprint density at radius 1 is 1.09 bits per heavy atom. The maximum atomic E-state index is 12.1. The molecule has 1 fully saturated rings. The van der Waals surface area contributed by atoms with Crippen LogP contribution >= 0.6 is 0 Å². The number of anilines is 1. The fourth-order valence-corrected chi connectivity index (χ4v) is 3.54. The van der Waals surface area contributed by atoms with Crippen molar-refractivity contribution in [3.8, 4) is 11.1 Å². The van der Waals surface area contributed by atoms with Gasteiger partial charge in [-0.05, 0) is 17.2 Å². The van der Waals surface area contributed by atoms with Crippen LogP contribution in [0, 0.1) is 0 Å². The van der Waals surface area contributed by atoms with E-state index in [0.717, 1.165) is 16.7 Å². The lowest BCUT2D eigenvalue weighted by Gasteiger charge is -2.34. The number of carbonyl (C=O) groups is 2. The number of hydrogen-bond acceptors (Lipinski definition) is 8. The molecule has 2 amide bonds. The molecule has 178 valence electrons. The standard InChI is InChI=1S/C23H32N6O4/c1-27(21(30)14-24)17-18-5-3-6-19(13-18)20-15-25-22(26-16-20)28-7-9-29(10-8-28)23(31)33-12-4-11-32-2/h3,5-6,13,15-16H,4,7-12,14,17,24H2,1-2H3. The van der Waals surface area contributed by atoms with Crippen LogP contribution in [0.2, 0.25) is 0 Å². The third-order valence-corrected chi connectivity index (χ3v) is 5.46. The van der Waals surface area contributed by atoms with E-state index in [-0.39, 0.29) is 18.5 Å². The Kier molecular flexibility index (Phi) is 8.96. The molecule has 1 aliphatic rings. The number of rotatable bonds is 9. The second kappa shape index (κ2) is 12.1. The monoisotopic (exact) mass is 456 g/mol. The number of hydrogen-bond donors (Lipinski definition) is 1. The Bertz CT molecular complexity index is 915. The number of amides is 2. The number of piperazine rings is 1. The summed E-state index contributed by atoms with van der Waals surface area (Å²) in [6.07, 6.45) is 3.99. The molecule has 0 unspecified atom stereocenters. The van der Waals surface area contributed by atoms with Crippen molar-refractivity contribution in [1.82, 2.24) is 19.8 Å². The highest BCUT2D eigenvalue weighted by atomic mass is 16.6. The third kappa shape index (κ3) is 6.87. The maximum Gasteiger partial charge on any atom is 0.409 e. The maximum absolute atomic E-state index is 12.1. The minimum atomic E-state index is -0.291. The molecule has 2 N–H and O–H groups in total. The summed E-state index contributed by atoms with van der Waals surface area (Å²) in [5, 5.41) is 0. The molecule has 2 aromatic rings. The molecular weight excluding hydrogens is 424 g/mol. The van der Waals surface area contributed by atoms with Crippen LogP contribution in [0.4, 0.5) is 10.7 Å². The van der Waals surface area contributed by atoms with Gasteiger partial charge in [-0.2, -0.15) is 0 Å². The number of likely N-dealkylation sites (N-methyl/N-ethyl adjacent to an activating group) is 1. The van der Waals surface area contributed by atoms with Gasteiger partial charge in [0.05, 0.1) is 13.2 Å². The predicted octanol–water partition coefficient (Wildman–Crippen LogP) is 1.36. The van der Waals surface area contributed by atoms with E-state index in [1.54, 1.807) is 36.4 Å². The highest BCUT2D eigenvalue weighted by Crippen LogP contribution is 2.21. The van der Waals surface area contributed by atoms with Crippen LogP contribution in [0.1, 0.15) is 12.0 Å². The van der Waals surface area contributed by atoms with Crippen LogP contribution in [0.3, 0.4) is 0 Å². The van der Waals surface area contributed by atoms with E-state index in [1.807, 2.05) is 24.3 Å². The molecule has 0 aliphatic carbocycles. The van der Waals surface area contributed by atoms with Gasteiger partial charge in [-0.25, -0.2) is 14.8 Å². The fraction of sp³-hybridized carbons (Fsp3) is 0.478. The summed E-state index contributed by atoms with van der Waals surface area (Å²) in [6.45, 7) is 3.82. The lowest BCUT2D eigenvalue weighted by molar-refractivity contribution is -0.128. The first-order chi connectivity index (χ1) is 16.0. The minimum Gasteiger partial charge on any atom is -0.449 e. The van der Waals surface area contributed by atoms with Crippen LogP contribution in [-0.4, -0.2) is 91.9 Å². The highest BCUT2D eigenvalue weighted by molar-refractivity contribution is 5.77. The summed E-state index contributed by atoms with van der Waals surface area (Å²) in [5.74, 6) is 0.531. The zero-order chi connectivity index (χ0) is 23.6.